The molecule has 1 saturated heterocycles. The van der Waals surface area contributed by atoms with Gasteiger partial charge in [-0.2, -0.15) is 5.10 Å². The van der Waals surface area contributed by atoms with Crippen LogP contribution in [-0.2, 0) is 19.5 Å². The Balaban J connectivity index is 1.12. The van der Waals surface area contributed by atoms with Crippen molar-refractivity contribution in [3.63, 3.8) is 0 Å². The highest BCUT2D eigenvalue weighted by Crippen LogP contribution is 2.34. The molecule has 0 radical (unpaired) electrons. The average molecular weight is 629 g/mol. The van der Waals surface area contributed by atoms with Crippen LogP contribution >= 0.6 is 15.9 Å². The summed E-state index contributed by atoms with van der Waals surface area (Å²) >= 11 is 3.41. The second kappa shape index (κ2) is 11.1. The van der Waals surface area contributed by atoms with Gasteiger partial charge in [0.15, 0.2) is 5.76 Å². The molecule has 216 valence electrons. The zero-order chi connectivity index (χ0) is 28.8. The molecule has 1 amide bonds. The lowest BCUT2D eigenvalue weighted by molar-refractivity contribution is 0.0244. The highest BCUT2D eigenvalue weighted by atomic mass is 79.9. The third-order valence-electron chi connectivity index (χ3n) is 8.23. The summed E-state index contributed by atoms with van der Waals surface area (Å²) in [4.78, 5) is 17.6. The SMILES string of the molecule is Cc1oc(C(=O)N2C[C@@H](C)N(Cc3cn([C@@H]4CCCc5c(F)cc(F)cc54)nn3)[C@@H](C)C2)cc1Cn1cc(Br)cn1. The minimum atomic E-state index is -0.573. The van der Waals surface area contributed by atoms with E-state index in [2.05, 4.69) is 50.1 Å². The highest BCUT2D eigenvalue weighted by Gasteiger charge is 2.34. The number of halogens is 3. The van der Waals surface area contributed by atoms with Crippen LogP contribution in [0.25, 0.3) is 0 Å². The first-order valence-corrected chi connectivity index (χ1v) is 14.7. The van der Waals surface area contributed by atoms with Gasteiger partial charge < -0.3 is 9.32 Å². The van der Waals surface area contributed by atoms with Gasteiger partial charge >= 0.3 is 0 Å². The zero-order valence-electron chi connectivity index (χ0n) is 23.2. The summed E-state index contributed by atoms with van der Waals surface area (Å²) in [5.74, 6) is -0.155. The van der Waals surface area contributed by atoms with Gasteiger partial charge in [0, 0.05) is 49.5 Å². The first-order chi connectivity index (χ1) is 19.7. The number of benzene rings is 1. The smallest absolute Gasteiger partial charge is 0.289 e. The van der Waals surface area contributed by atoms with E-state index in [1.54, 1.807) is 15.6 Å². The van der Waals surface area contributed by atoms with Crippen molar-refractivity contribution in [2.45, 2.75) is 71.2 Å². The minimum Gasteiger partial charge on any atom is -0.456 e. The maximum Gasteiger partial charge on any atom is 0.289 e. The van der Waals surface area contributed by atoms with E-state index < -0.39 is 11.6 Å². The Labute approximate surface area is 245 Å². The first kappa shape index (κ1) is 27.8. The number of amides is 1. The largest absolute Gasteiger partial charge is 0.456 e. The van der Waals surface area contributed by atoms with Gasteiger partial charge in [0.2, 0.25) is 0 Å². The molecule has 1 fully saturated rings. The summed E-state index contributed by atoms with van der Waals surface area (Å²) in [5, 5.41) is 13.0. The zero-order valence-corrected chi connectivity index (χ0v) is 24.8. The molecule has 0 unspecified atom stereocenters. The molecule has 6 rings (SSSR count). The van der Waals surface area contributed by atoms with Crippen molar-refractivity contribution in [3.05, 3.63) is 86.8 Å². The van der Waals surface area contributed by atoms with Gasteiger partial charge in [-0.25, -0.2) is 13.5 Å². The van der Waals surface area contributed by atoms with Crippen molar-refractivity contribution in [3.8, 4) is 0 Å². The number of hydrogen-bond acceptors (Lipinski definition) is 6. The summed E-state index contributed by atoms with van der Waals surface area (Å²) in [6.07, 6.45) is 7.63. The Bertz CT molecular complexity index is 1570. The Morgan fingerprint density at radius 1 is 1.12 bits per heavy atom. The molecule has 0 spiro atoms. The molecule has 3 atom stereocenters. The van der Waals surface area contributed by atoms with Crippen LogP contribution in [-0.4, -0.2) is 65.7 Å². The molecule has 1 aromatic carbocycles. The molecule has 12 heteroatoms. The Morgan fingerprint density at radius 2 is 1.90 bits per heavy atom. The van der Waals surface area contributed by atoms with Crippen LogP contribution in [0.5, 0.6) is 0 Å². The molecule has 41 heavy (non-hydrogen) atoms. The fourth-order valence-electron chi connectivity index (χ4n) is 6.18. The second-order valence-corrected chi connectivity index (χ2v) is 12.1. The average Bonchev–Trinajstić information content (AvgIpc) is 3.66. The van der Waals surface area contributed by atoms with Crippen LogP contribution in [0.4, 0.5) is 8.78 Å². The van der Waals surface area contributed by atoms with Crippen molar-refractivity contribution in [2.75, 3.05) is 13.1 Å². The monoisotopic (exact) mass is 627 g/mol. The van der Waals surface area contributed by atoms with E-state index in [9.17, 15) is 13.6 Å². The summed E-state index contributed by atoms with van der Waals surface area (Å²) in [7, 11) is 0. The predicted molar refractivity (Wildman–Crippen MR) is 150 cm³/mol. The van der Waals surface area contributed by atoms with E-state index in [0.29, 0.717) is 55.2 Å². The topological polar surface area (TPSA) is 85.2 Å². The van der Waals surface area contributed by atoms with Crippen LogP contribution in [0, 0.1) is 18.6 Å². The van der Waals surface area contributed by atoms with Crippen molar-refractivity contribution in [2.24, 2.45) is 0 Å². The Morgan fingerprint density at radius 3 is 2.63 bits per heavy atom. The molecule has 1 aliphatic heterocycles. The van der Waals surface area contributed by atoms with Crippen LogP contribution < -0.4 is 0 Å². The lowest BCUT2D eigenvalue weighted by Gasteiger charge is -2.43. The van der Waals surface area contributed by atoms with Crippen molar-refractivity contribution < 1.29 is 18.0 Å². The second-order valence-electron chi connectivity index (χ2n) is 11.2. The van der Waals surface area contributed by atoms with Crippen LogP contribution in [0.2, 0.25) is 0 Å². The number of furan rings is 1. The molecule has 3 aromatic heterocycles. The normalized spacial score (nSPS) is 21.3. The summed E-state index contributed by atoms with van der Waals surface area (Å²) < 4.78 is 38.7. The molecule has 0 N–H and O–H groups in total. The molecule has 2 aliphatic rings. The van der Waals surface area contributed by atoms with E-state index in [4.69, 9.17) is 4.42 Å². The third kappa shape index (κ3) is 5.59. The van der Waals surface area contributed by atoms with E-state index >= 15 is 0 Å². The number of fused-ring (bicyclic) bond motifs is 1. The van der Waals surface area contributed by atoms with Crippen LogP contribution in [0.15, 0.2) is 45.7 Å². The van der Waals surface area contributed by atoms with Crippen LogP contribution in [0.3, 0.4) is 0 Å². The van der Waals surface area contributed by atoms with Gasteiger partial charge in [0.1, 0.15) is 17.4 Å². The highest BCUT2D eigenvalue weighted by molar-refractivity contribution is 9.10. The molecule has 0 saturated carbocycles. The number of piperazine rings is 1. The minimum absolute atomic E-state index is 0.0726. The molecule has 1 aliphatic carbocycles. The molecule has 4 heterocycles. The molecular formula is C29H32BrF2N7O2. The first-order valence-electron chi connectivity index (χ1n) is 13.9. The fraction of sp³-hybridized carbons (Fsp3) is 0.448. The van der Waals surface area contributed by atoms with Gasteiger partial charge in [-0.3, -0.25) is 14.4 Å². The lowest BCUT2D eigenvalue weighted by Crippen LogP contribution is -2.57. The molecular weight excluding hydrogens is 596 g/mol. The Hall–Kier alpha value is -3.38. The number of hydrogen-bond donors (Lipinski definition) is 0. The molecule has 4 aromatic rings. The van der Waals surface area contributed by atoms with Gasteiger partial charge in [-0.1, -0.05) is 5.21 Å². The maximum absolute atomic E-state index is 14.4. The van der Waals surface area contributed by atoms with E-state index in [1.807, 2.05) is 30.3 Å². The number of rotatable bonds is 6. The number of aromatic nitrogens is 5. The number of aryl methyl sites for hydroxylation is 1. The van der Waals surface area contributed by atoms with Crippen molar-refractivity contribution >= 4 is 21.8 Å². The number of nitrogens with zero attached hydrogens (tertiary/aromatic N) is 7. The van der Waals surface area contributed by atoms with E-state index in [-0.39, 0.29) is 24.0 Å². The molecule has 0 bridgehead atoms. The predicted octanol–water partition coefficient (Wildman–Crippen LogP) is 5.13. The van der Waals surface area contributed by atoms with Crippen molar-refractivity contribution in [1.29, 1.82) is 0 Å². The molecule has 9 nitrogen and oxygen atoms in total. The lowest BCUT2D eigenvalue weighted by atomic mass is 9.87. The Kier molecular flexibility index (Phi) is 7.54. The fourth-order valence-corrected chi connectivity index (χ4v) is 6.51. The van der Waals surface area contributed by atoms with E-state index in [0.717, 1.165) is 34.6 Å². The van der Waals surface area contributed by atoms with Crippen molar-refractivity contribution in [1.82, 2.24) is 34.6 Å². The number of carbonyl (C=O) groups excluding carboxylic acids is 1. The quantitative estimate of drug-likeness (QED) is 0.295. The van der Waals surface area contributed by atoms with E-state index in [1.165, 1.54) is 6.07 Å². The van der Waals surface area contributed by atoms with Gasteiger partial charge in [0.05, 0.1) is 35.1 Å². The van der Waals surface area contributed by atoms with Crippen LogP contribution in [0.1, 0.15) is 71.4 Å². The number of carbonyl (C=O) groups is 1. The summed E-state index contributed by atoms with van der Waals surface area (Å²) in [6, 6.07) is 4.09. The van der Waals surface area contributed by atoms with Gasteiger partial charge in [-0.15, -0.1) is 5.10 Å². The maximum atomic E-state index is 14.4. The van der Waals surface area contributed by atoms with Gasteiger partial charge in [-0.05, 0) is 79.2 Å². The third-order valence-corrected chi connectivity index (χ3v) is 8.64. The standard InChI is InChI=1S/C29H32BrF2N7O2/c1-17-11-36(29(40)28-7-20(19(3)41-28)13-37-14-21(30)10-33-37)12-18(2)38(17)15-23-16-39(35-34-23)27-6-4-5-24-25(27)8-22(31)9-26(24)32/h7-10,14,16-18,27H,4-6,11-13,15H2,1-3H3/t17-,18+,27-/m1/s1. The summed E-state index contributed by atoms with van der Waals surface area (Å²) in [6.45, 7) is 8.23. The van der Waals surface area contributed by atoms with Gasteiger partial charge in [0.25, 0.3) is 5.91 Å². The summed E-state index contributed by atoms with van der Waals surface area (Å²) in [5.41, 5.74) is 2.91.